The highest BCUT2D eigenvalue weighted by atomic mass is 79.9. The normalized spacial score (nSPS) is 10.2. The Hall–Kier alpha value is -3.96. The van der Waals surface area contributed by atoms with Crippen LogP contribution in [0.4, 0.5) is 0 Å². The van der Waals surface area contributed by atoms with Crippen molar-refractivity contribution in [1.82, 2.24) is 16.2 Å². The van der Waals surface area contributed by atoms with Gasteiger partial charge in [-0.3, -0.25) is 25.8 Å². The maximum atomic E-state index is 12.8. The molecule has 0 aliphatic rings. The minimum Gasteiger partial charge on any atom is -0.492 e. The summed E-state index contributed by atoms with van der Waals surface area (Å²) in [6, 6.07) is 21.2. The minimum atomic E-state index is -0.537. The molecule has 0 atom stereocenters. The van der Waals surface area contributed by atoms with Crippen molar-refractivity contribution in [3.8, 4) is 11.5 Å². The SMILES string of the molecule is CCCOC(=O)c1ccc(OCC(=O)NNC(=S)NC(=O)c2cc(Br)ccc2OCCc2ccccc2)cc1. The lowest BCUT2D eigenvalue weighted by molar-refractivity contribution is -0.123. The smallest absolute Gasteiger partial charge is 0.338 e. The topological polar surface area (TPSA) is 115 Å². The van der Waals surface area contributed by atoms with Gasteiger partial charge in [-0.1, -0.05) is 53.2 Å². The number of esters is 1. The fourth-order valence-corrected chi connectivity index (χ4v) is 3.71. The maximum absolute atomic E-state index is 12.8. The van der Waals surface area contributed by atoms with Gasteiger partial charge in [0.15, 0.2) is 11.7 Å². The van der Waals surface area contributed by atoms with Crippen molar-refractivity contribution in [3.63, 3.8) is 0 Å². The number of hydrazine groups is 1. The van der Waals surface area contributed by atoms with E-state index in [-0.39, 0.29) is 17.3 Å². The highest BCUT2D eigenvalue weighted by Crippen LogP contribution is 2.23. The molecule has 2 amide bonds. The third kappa shape index (κ3) is 10.0. The second-order valence-corrected chi connectivity index (χ2v) is 9.45. The number of benzene rings is 3. The largest absolute Gasteiger partial charge is 0.492 e. The molecule has 11 heteroatoms. The molecule has 0 aliphatic carbocycles. The van der Waals surface area contributed by atoms with Gasteiger partial charge in [0.2, 0.25) is 0 Å². The molecule has 0 fully saturated rings. The molecule has 0 unspecified atom stereocenters. The van der Waals surface area contributed by atoms with Gasteiger partial charge in [0.1, 0.15) is 11.5 Å². The van der Waals surface area contributed by atoms with Crippen molar-refractivity contribution >= 4 is 51.0 Å². The van der Waals surface area contributed by atoms with E-state index >= 15 is 0 Å². The van der Waals surface area contributed by atoms with Crippen LogP contribution in [0.15, 0.2) is 77.3 Å². The molecule has 0 spiro atoms. The number of rotatable bonds is 11. The number of nitrogens with one attached hydrogen (secondary N) is 3. The quantitative estimate of drug-likeness (QED) is 0.166. The lowest BCUT2D eigenvalue weighted by Gasteiger charge is -2.14. The maximum Gasteiger partial charge on any atom is 0.338 e. The summed E-state index contributed by atoms with van der Waals surface area (Å²) < 4.78 is 17.0. The molecule has 0 saturated heterocycles. The molecule has 39 heavy (non-hydrogen) atoms. The Morgan fingerprint density at radius 3 is 2.36 bits per heavy atom. The lowest BCUT2D eigenvalue weighted by Crippen LogP contribution is -2.49. The number of carbonyl (C=O) groups is 3. The summed E-state index contributed by atoms with van der Waals surface area (Å²) in [5.74, 6) is -0.675. The minimum absolute atomic E-state index is 0.112. The van der Waals surface area contributed by atoms with Gasteiger partial charge in [-0.25, -0.2) is 4.79 Å². The van der Waals surface area contributed by atoms with Crippen molar-refractivity contribution in [2.45, 2.75) is 19.8 Å². The third-order valence-electron chi connectivity index (χ3n) is 5.12. The summed E-state index contributed by atoms with van der Waals surface area (Å²) >= 11 is 8.49. The number of thiocarbonyl (C=S) groups is 1. The average Bonchev–Trinajstić information content (AvgIpc) is 2.95. The van der Waals surface area contributed by atoms with Crippen molar-refractivity contribution in [2.75, 3.05) is 19.8 Å². The van der Waals surface area contributed by atoms with Gasteiger partial charge in [0.05, 0.1) is 24.3 Å². The van der Waals surface area contributed by atoms with Crippen LogP contribution in [0.5, 0.6) is 11.5 Å². The Morgan fingerprint density at radius 2 is 1.64 bits per heavy atom. The molecule has 3 N–H and O–H groups in total. The first-order chi connectivity index (χ1) is 18.9. The van der Waals surface area contributed by atoms with Crippen LogP contribution in [0.1, 0.15) is 39.6 Å². The van der Waals surface area contributed by atoms with E-state index in [1.807, 2.05) is 37.3 Å². The van der Waals surface area contributed by atoms with Crippen molar-refractivity contribution < 1.29 is 28.6 Å². The van der Waals surface area contributed by atoms with Crippen LogP contribution in [0, 0.1) is 0 Å². The number of carbonyl (C=O) groups excluding carboxylic acids is 3. The molecule has 0 saturated carbocycles. The molecule has 9 nitrogen and oxygen atoms in total. The molecule has 0 radical (unpaired) electrons. The molecule has 0 bridgehead atoms. The zero-order chi connectivity index (χ0) is 28.0. The van der Waals surface area contributed by atoms with E-state index < -0.39 is 17.8 Å². The number of hydrogen-bond donors (Lipinski definition) is 3. The molecule has 0 aromatic heterocycles. The average molecular weight is 615 g/mol. The van der Waals surface area contributed by atoms with Crippen LogP contribution in [0.3, 0.4) is 0 Å². The van der Waals surface area contributed by atoms with Gasteiger partial charge in [0, 0.05) is 10.9 Å². The zero-order valence-electron chi connectivity index (χ0n) is 21.2. The predicted octanol–water partition coefficient (Wildman–Crippen LogP) is 4.35. The monoisotopic (exact) mass is 613 g/mol. The van der Waals surface area contributed by atoms with Gasteiger partial charge in [0.25, 0.3) is 11.8 Å². The molecular weight excluding hydrogens is 586 g/mol. The first kappa shape index (κ1) is 29.6. The highest BCUT2D eigenvalue weighted by Gasteiger charge is 2.15. The van der Waals surface area contributed by atoms with Gasteiger partial charge in [-0.15, -0.1) is 0 Å². The van der Waals surface area contributed by atoms with Gasteiger partial charge in [-0.05, 0) is 66.7 Å². The standard InChI is InChI=1S/C28H28BrN3O6S/c1-2-15-37-27(35)20-8-11-22(12-9-20)38-18-25(33)31-32-28(39)30-26(34)23-17-21(29)10-13-24(23)36-16-14-19-6-4-3-5-7-19/h3-13,17H,2,14-16,18H2,1H3,(H,31,33)(H2,30,32,34,39). The van der Waals surface area contributed by atoms with Crippen molar-refractivity contribution in [1.29, 1.82) is 0 Å². The predicted molar refractivity (Wildman–Crippen MR) is 154 cm³/mol. The van der Waals surface area contributed by atoms with E-state index in [1.54, 1.807) is 42.5 Å². The lowest BCUT2D eigenvalue weighted by atomic mass is 10.1. The van der Waals surface area contributed by atoms with Crippen LogP contribution < -0.4 is 25.6 Å². The van der Waals surface area contributed by atoms with E-state index in [1.165, 1.54) is 0 Å². The van der Waals surface area contributed by atoms with E-state index in [4.69, 9.17) is 26.4 Å². The molecule has 3 rings (SSSR count). The number of amides is 2. The molecule has 0 heterocycles. The molecule has 3 aromatic rings. The second-order valence-electron chi connectivity index (χ2n) is 8.13. The van der Waals surface area contributed by atoms with E-state index in [0.29, 0.717) is 41.2 Å². The molecular formula is C28H28BrN3O6S. The van der Waals surface area contributed by atoms with E-state index in [0.717, 1.165) is 12.0 Å². The van der Waals surface area contributed by atoms with Crippen molar-refractivity contribution in [2.24, 2.45) is 0 Å². The number of halogens is 1. The fraction of sp³-hybridized carbons (Fsp3) is 0.214. The summed E-state index contributed by atoms with van der Waals surface area (Å²) in [5.41, 5.74) is 6.61. The Balaban J connectivity index is 1.43. The first-order valence-corrected chi connectivity index (χ1v) is 13.3. The Bertz CT molecular complexity index is 1290. The van der Waals surface area contributed by atoms with Crippen LogP contribution >= 0.6 is 28.1 Å². The van der Waals surface area contributed by atoms with Crippen LogP contribution in [-0.4, -0.2) is 42.7 Å². The molecule has 3 aromatic carbocycles. The van der Waals surface area contributed by atoms with Crippen molar-refractivity contribution in [3.05, 3.63) is 94.0 Å². The highest BCUT2D eigenvalue weighted by molar-refractivity contribution is 9.10. The summed E-state index contributed by atoms with van der Waals surface area (Å²) in [7, 11) is 0. The summed E-state index contributed by atoms with van der Waals surface area (Å²) in [6.07, 6.45) is 1.42. The zero-order valence-corrected chi connectivity index (χ0v) is 23.6. The molecule has 0 aliphatic heterocycles. The Kier molecular flexibility index (Phi) is 11.7. The third-order valence-corrected chi connectivity index (χ3v) is 5.81. The summed E-state index contributed by atoms with van der Waals surface area (Å²) in [5, 5.41) is 2.40. The van der Waals surface area contributed by atoms with Crippen LogP contribution in [0.2, 0.25) is 0 Å². The van der Waals surface area contributed by atoms with Gasteiger partial charge in [-0.2, -0.15) is 0 Å². The second kappa shape index (κ2) is 15.5. The molecule has 204 valence electrons. The van der Waals surface area contributed by atoms with E-state index in [2.05, 4.69) is 32.1 Å². The summed E-state index contributed by atoms with van der Waals surface area (Å²) in [6.45, 7) is 2.32. The number of ether oxygens (including phenoxy) is 3. The van der Waals surface area contributed by atoms with Crippen LogP contribution in [0.25, 0.3) is 0 Å². The van der Waals surface area contributed by atoms with Gasteiger partial charge >= 0.3 is 5.97 Å². The summed E-state index contributed by atoms with van der Waals surface area (Å²) in [4.78, 5) is 36.8. The Morgan fingerprint density at radius 1 is 0.897 bits per heavy atom. The first-order valence-electron chi connectivity index (χ1n) is 12.1. The van der Waals surface area contributed by atoms with Crippen LogP contribution in [-0.2, 0) is 16.0 Å². The van der Waals surface area contributed by atoms with E-state index in [9.17, 15) is 14.4 Å². The Labute approximate surface area is 240 Å². The van der Waals surface area contributed by atoms with Gasteiger partial charge < -0.3 is 14.2 Å². The number of hydrogen-bond acceptors (Lipinski definition) is 7. The fourth-order valence-electron chi connectivity index (χ4n) is 3.21.